The Hall–Kier alpha value is -0.570. The highest BCUT2D eigenvalue weighted by Crippen LogP contribution is 2.19. The van der Waals surface area contributed by atoms with Gasteiger partial charge in [-0.25, -0.2) is 4.39 Å². The summed E-state index contributed by atoms with van der Waals surface area (Å²) in [6.07, 6.45) is 0.978. The summed E-state index contributed by atoms with van der Waals surface area (Å²) in [5.74, 6) is -0.963. The van der Waals surface area contributed by atoms with Crippen LogP contribution in [-0.4, -0.2) is 5.11 Å². The number of hydrogen-bond donors (Lipinski definition) is 1. The molecule has 0 atom stereocenters. The second-order valence-electron chi connectivity index (χ2n) is 1.31. The molecule has 0 spiro atoms. The summed E-state index contributed by atoms with van der Waals surface area (Å²) in [7, 11) is 0. The van der Waals surface area contributed by atoms with Crippen molar-refractivity contribution in [2.45, 2.75) is 0 Å². The van der Waals surface area contributed by atoms with E-state index >= 15 is 0 Å². The van der Waals surface area contributed by atoms with Gasteiger partial charge in [0.05, 0.1) is 4.48 Å². The molecule has 0 aromatic heterocycles. The summed E-state index contributed by atoms with van der Waals surface area (Å²) >= 11 is 2.75. The molecule has 0 unspecified atom stereocenters. The van der Waals surface area contributed by atoms with Gasteiger partial charge in [-0.2, -0.15) is 0 Å². The lowest BCUT2D eigenvalue weighted by molar-refractivity contribution is 0.430. The first kappa shape index (κ1) is 8.43. The topological polar surface area (TPSA) is 20.2 Å². The molecule has 1 nitrogen and oxygen atoms in total. The highest BCUT2D eigenvalue weighted by Gasteiger charge is 2.00. The fourth-order valence-corrected chi connectivity index (χ4v) is 0.389. The third kappa shape index (κ3) is 2.46. The molecular formula is C6H6BrFO. The Morgan fingerprint density at radius 3 is 2.22 bits per heavy atom. The monoisotopic (exact) mass is 192 g/mol. The van der Waals surface area contributed by atoms with Crippen molar-refractivity contribution in [2.75, 3.05) is 0 Å². The van der Waals surface area contributed by atoms with E-state index in [4.69, 9.17) is 5.11 Å². The van der Waals surface area contributed by atoms with Crippen molar-refractivity contribution in [1.29, 1.82) is 0 Å². The average Bonchev–Trinajstić information content (AvgIpc) is 1.84. The SMILES string of the molecule is C=C/C(F)=C(/Br)C(=C)O. The van der Waals surface area contributed by atoms with Crippen LogP contribution >= 0.6 is 15.9 Å². The zero-order valence-corrected chi connectivity index (χ0v) is 6.28. The maximum Gasteiger partial charge on any atom is 0.140 e. The quantitative estimate of drug-likeness (QED) is 0.528. The number of hydrogen-bond acceptors (Lipinski definition) is 1. The van der Waals surface area contributed by atoms with E-state index in [1.807, 2.05) is 0 Å². The highest BCUT2D eigenvalue weighted by molar-refractivity contribution is 9.12. The number of aliphatic hydroxyl groups is 1. The van der Waals surface area contributed by atoms with Crippen molar-refractivity contribution in [3.05, 3.63) is 35.3 Å². The summed E-state index contributed by atoms with van der Waals surface area (Å²) in [5, 5.41) is 8.54. The maximum atomic E-state index is 12.3. The van der Waals surface area contributed by atoms with Gasteiger partial charge in [0.15, 0.2) is 0 Å². The largest absolute Gasteiger partial charge is 0.507 e. The van der Waals surface area contributed by atoms with Gasteiger partial charge in [-0.05, 0) is 22.0 Å². The third-order valence-electron chi connectivity index (χ3n) is 0.642. The lowest BCUT2D eigenvalue weighted by atomic mass is 10.4. The Kier molecular flexibility index (Phi) is 3.24. The van der Waals surface area contributed by atoms with E-state index in [9.17, 15) is 4.39 Å². The summed E-state index contributed by atoms with van der Waals surface area (Å²) in [6, 6.07) is 0. The molecule has 0 aliphatic carbocycles. The van der Waals surface area contributed by atoms with Crippen LogP contribution in [-0.2, 0) is 0 Å². The van der Waals surface area contributed by atoms with Crippen LogP contribution in [0, 0.1) is 0 Å². The molecule has 50 valence electrons. The number of halogens is 2. The van der Waals surface area contributed by atoms with E-state index < -0.39 is 5.83 Å². The summed E-state index contributed by atoms with van der Waals surface area (Å²) < 4.78 is 12.2. The zero-order chi connectivity index (χ0) is 7.44. The normalized spacial score (nSPS) is 12.2. The number of aliphatic hydroxyl groups excluding tert-OH is 1. The van der Waals surface area contributed by atoms with Crippen LogP contribution in [0.1, 0.15) is 0 Å². The molecule has 1 N–H and O–H groups in total. The van der Waals surface area contributed by atoms with Gasteiger partial charge in [-0.3, -0.25) is 0 Å². The summed E-state index contributed by atoms with van der Waals surface area (Å²) in [4.78, 5) is 0. The maximum absolute atomic E-state index is 12.3. The Labute approximate surface area is 61.3 Å². The van der Waals surface area contributed by atoms with Crippen LogP contribution in [0.25, 0.3) is 0 Å². The molecule has 0 rings (SSSR count). The molecule has 0 aliphatic heterocycles. The van der Waals surface area contributed by atoms with Crippen LogP contribution in [0.5, 0.6) is 0 Å². The molecule has 0 bridgehead atoms. The van der Waals surface area contributed by atoms with E-state index in [1.165, 1.54) is 0 Å². The molecule has 9 heavy (non-hydrogen) atoms. The van der Waals surface area contributed by atoms with Crippen LogP contribution in [0.2, 0.25) is 0 Å². The van der Waals surface area contributed by atoms with Crippen molar-refractivity contribution in [3.8, 4) is 0 Å². The minimum absolute atomic E-state index is 0.0579. The van der Waals surface area contributed by atoms with Crippen molar-refractivity contribution >= 4 is 15.9 Å². The van der Waals surface area contributed by atoms with Crippen molar-refractivity contribution in [1.82, 2.24) is 0 Å². The molecule has 0 aromatic carbocycles. The average molecular weight is 193 g/mol. The summed E-state index contributed by atoms with van der Waals surface area (Å²) in [5.41, 5.74) is 0. The predicted molar refractivity (Wildman–Crippen MR) is 39.0 cm³/mol. The second kappa shape index (κ2) is 3.45. The van der Waals surface area contributed by atoms with Gasteiger partial charge in [0.2, 0.25) is 0 Å². The van der Waals surface area contributed by atoms with Gasteiger partial charge in [-0.1, -0.05) is 13.2 Å². The van der Waals surface area contributed by atoms with Crippen LogP contribution in [0.4, 0.5) is 4.39 Å². The van der Waals surface area contributed by atoms with Crippen molar-refractivity contribution in [3.63, 3.8) is 0 Å². The third-order valence-corrected chi connectivity index (χ3v) is 1.48. The van der Waals surface area contributed by atoms with Gasteiger partial charge < -0.3 is 5.11 Å². The van der Waals surface area contributed by atoms with Gasteiger partial charge in [0, 0.05) is 0 Å². The first-order valence-electron chi connectivity index (χ1n) is 2.15. The molecule has 0 saturated carbocycles. The lowest BCUT2D eigenvalue weighted by Crippen LogP contribution is -1.78. The van der Waals surface area contributed by atoms with Crippen LogP contribution < -0.4 is 0 Å². The van der Waals surface area contributed by atoms with E-state index in [1.54, 1.807) is 0 Å². The minimum atomic E-state index is -0.623. The summed E-state index contributed by atoms with van der Waals surface area (Å²) in [6.45, 7) is 6.24. The molecule has 3 heteroatoms. The predicted octanol–water partition coefficient (Wildman–Crippen LogP) is 2.82. The molecule has 0 radical (unpaired) electrons. The standard InChI is InChI=1S/C6H6BrFO/c1-3-5(8)6(7)4(2)9/h3,9H,1-2H2/b6-5-. The molecular weight excluding hydrogens is 187 g/mol. The van der Waals surface area contributed by atoms with E-state index in [-0.39, 0.29) is 10.2 Å². The number of rotatable bonds is 2. The fraction of sp³-hybridized carbons (Fsp3) is 0. The fourth-order valence-electron chi connectivity index (χ4n) is 0.227. The zero-order valence-electron chi connectivity index (χ0n) is 4.69. The van der Waals surface area contributed by atoms with E-state index in [0.29, 0.717) is 0 Å². The molecule has 0 fully saturated rings. The Morgan fingerprint density at radius 2 is 2.11 bits per heavy atom. The van der Waals surface area contributed by atoms with Gasteiger partial charge in [0.25, 0.3) is 0 Å². The molecule has 0 amide bonds. The Morgan fingerprint density at radius 1 is 1.67 bits per heavy atom. The van der Waals surface area contributed by atoms with Crippen LogP contribution in [0.15, 0.2) is 35.3 Å². The molecule has 0 heterocycles. The van der Waals surface area contributed by atoms with Crippen LogP contribution in [0.3, 0.4) is 0 Å². The number of allylic oxidation sites excluding steroid dienone is 3. The first-order valence-corrected chi connectivity index (χ1v) is 2.95. The van der Waals surface area contributed by atoms with E-state index in [0.717, 1.165) is 6.08 Å². The first-order chi connectivity index (χ1) is 4.09. The van der Waals surface area contributed by atoms with Crippen molar-refractivity contribution < 1.29 is 9.50 Å². The molecule has 0 saturated heterocycles. The van der Waals surface area contributed by atoms with E-state index in [2.05, 4.69) is 29.1 Å². The van der Waals surface area contributed by atoms with Crippen molar-refractivity contribution in [2.24, 2.45) is 0 Å². The smallest absolute Gasteiger partial charge is 0.140 e. The Bertz CT molecular complexity index is 172. The second-order valence-corrected chi connectivity index (χ2v) is 2.11. The van der Waals surface area contributed by atoms with Gasteiger partial charge >= 0.3 is 0 Å². The lowest BCUT2D eigenvalue weighted by Gasteiger charge is -1.93. The molecule has 0 aliphatic rings. The Balaban J connectivity index is 4.47. The van der Waals surface area contributed by atoms with Gasteiger partial charge in [0.1, 0.15) is 11.6 Å². The minimum Gasteiger partial charge on any atom is -0.507 e. The molecule has 0 aromatic rings. The van der Waals surface area contributed by atoms with Gasteiger partial charge in [-0.15, -0.1) is 0 Å². The highest BCUT2D eigenvalue weighted by atomic mass is 79.9.